The molecule has 0 saturated heterocycles. The molecule has 35 heavy (non-hydrogen) atoms. The number of aromatic nitrogens is 2. The van der Waals surface area contributed by atoms with Gasteiger partial charge in [0.05, 0.1) is 0 Å². The van der Waals surface area contributed by atoms with Crippen molar-refractivity contribution >= 4 is 0 Å². The van der Waals surface area contributed by atoms with Crippen molar-refractivity contribution < 1.29 is 0 Å². The van der Waals surface area contributed by atoms with Crippen molar-refractivity contribution in [1.82, 2.24) is 9.55 Å². The van der Waals surface area contributed by atoms with Gasteiger partial charge in [-0.3, -0.25) is 0 Å². The van der Waals surface area contributed by atoms with Gasteiger partial charge in [-0.1, -0.05) is 156 Å². The highest BCUT2D eigenvalue weighted by atomic mass is 15.1. The number of imidazole rings is 1. The first-order chi connectivity index (χ1) is 17.2. The highest BCUT2D eigenvalue weighted by Gasteiger charge is 2.19. The van der Waals surface area contributed by atoms with Crippen LogP contribution in [0.3, 0.4) is 0 Å². The third-order valence-electron chi connectivity index (χ3n) is 8.08. The predicted octanol–water partition coefficient (Wildman–Crippen LogP) is 11.9. The van der Waals surface area contributed by atoms with E-state index in [-0.39, 0.29) is 0 Å². The van der Waals surface area contributed by atoms with E-state index in [1.165, 1.54) is 160 Å². The summed E-state index contributed by atoms with van der Waals surface area (Å²) in [6.45, 7) is 9.35. The van der Waals surface area contributed by atoms with Crippen molar-refractivity contribution in [2.45, 2.75) is 194 Å². The monoisotopic (exact) mass is 489 g/mol. The van der Waals surface area contributed by atoms with Gasteiger partial charge in [0, 0.05) is 24.4 Å². The van der Waals surface area contributed by atoms with Gasteiger partial charge in [0.2, 0.25) is 0 Å². The molecule has 1 rings (SSSR count). The topological polar surface area (TPSA) is 17.8 Å². The number of unbranched alkanes of at least 4 members (excludes halogenated alkanes) is 18. The number of hydrogen-bond donors (Lipinski definition) is 0. The minimum absolute atomic E-state index is 0.592. The van der Waals surface area contributed by atoms with E-state index in [4.69, 9.17) is 4.98 Å². The van der Waals surface area contributed by atoms with E-state index in [1.54, 1.807) is 0 Å². The van der Waals surface area contributed by atoms with Crippen LogP contribution in [-0.2, 0) is 0 Å². The van der Waals surface area contributed by atoms with Crippen molar-refractivity contribution in [3.8, 4) is 0 Å². The first-order valence-corrected chi connectivity index (χ1v) is 16.3. The molecule has 0 saturated carbocycles. The smallest absolute Gasteiger partial charge is 0.111 e. The number of hydrogen-bond acceptors (Lipinski definition) is 1. The fourth-order valence-corrected chi connectivity index (χ4v) is 5.63. The van der Waals surface area contributed by atoms with Crippen LogP contribution in [0.25, 0.3) is 0 Å². The van der Waals surface area contributed by atoms with E-state index in [0.29, 0.717) is 12.0 Å². The van der Waals surface area contributed by atoms with Gasteiger partial charge in [-0.05, 0) is 26.2 Å². The summed E-state index contributed by atoms with van der Waals surface area (Å²) >= 11 is 0. The Morgan fingerprint density at radius 2 is 0.943 bits per heavy atom. The van der Waals surface area contributed by atoms with Crippen LogP contribution in [0, 0.1) is 0 Å². The van der Waals surface area contributed by atoms with Gasteiger partial charge in [0.1, 0.15) is 5.82 Å². The molecule has 2 unspecified atom stereocenters. The van der Waals surface area contributed by atoms with Gasteiger partial charge in [-0.25, -0.2) is 4.98 Å². The summed E-state index contributed by atoms with van der Waals surface area (Å²) in [5.74, 6) is 2.04. The van der Waals surface area contributed by atoms with Crippen LogP contribution in [0.15, 0.2) is 12.4 Å². The number of nitrogens with zero attached hydrogens (tertiary/aromatic N) is 2. The Bertz CT molecular complexity index is 549. The standard InChI is InChI=1S/C33H64N2/c1-5-8-11-13-14-15-16-17-18-19-20-21-22-23-24-26-31(4)35-30-29-34-33(35)32(27-10-7-3)28-25-12-9-6-2/h29-32H,5-28H2,1-4H3. The van der Waals surface area contributed by atoms with Gasteiger partial charge in [0.25, 0.3) is 0 Å². The molecule has 0 fully saturated rings. The Morgan fingerprint density at radius 1 is 0.543 bits per heavy atom. The zero-order valence-corrected chi connectivity index (χ0v) is 24.7. The molecular formula is C33H64N2. The third-order valence-corrected chi connectivity index (χ3v) is 8.08. The Hall–Kier alpha value is -0.790. The average molecular weight is 489 g/mol. The van der Waals surface area contributed by atoms with Crippen molar-refractivity contribution in [2.24, 2.45) is 0 Å². The highest BCUT2D eigenvalue weighted by molar-refractivity contribution is 5.02. The summed E-state index contributed by atoms with van der Waals surface area (Å²) in [5.41, 5.74) is 0. The molecule has 0 N–H and O–H groups in total. The predicted molar refractivity (Wildman–Crippen MR) is 158 cm³/mol. The van der Waals surface area contributed by atoms with Crippen LogP contribution in [0.2, 0.25) is 0 Å². The number of rotatable bonds is 26. The zero-order valence-electron chi connectivity index (χ0n) is 24.7. The second kappa shape index (κ2) is 23.6. The fourth-order valence-electron chi connectivity index (χ4n) is 5.63. The molecule has 0 radical (unpaired) electrons. The lowest BCUT2D eigenvalue weighted by Gasteiger charge is -2.22. The molecule has 1 heterocycles. The molecule has 2 atom stereocenters. The van der Waals surface area contributed by atoms with Gasteiger partial charge in [-0.15, -0.1) is 0 Å². The molecule has 2 heteroatoms. The van der Waals surface area contributed by atoms with Gasteiger partial charge in [0.15, 0.2) is 0 Å². The molecule has 206 valence electrons. The molecule has 1 aromatic heterocycles. The van der Waals surface area contributed by atoms with Crippen LogP contribution >= 0.6 is 0 Å². The van der Waals surface area contributed by atoms with Gasteiger partial charge in [-0.2, -0.15) is 0 Å². The average Bonchev–Trinajstić information content (AvgIpc) is 3.36. The van der Waals surface area contributed by atoms with E-state index >= 15 is 0 Å². The van der Waals surface area contributed by atoms with Crippen molar-refractivity contribution in [3.05, 3.63) is 18.2 Å². The van der Waals surface area contributed by atoms with Crippen LogP contribution < -0.4 is 0 Å². The zero-order chi connectivity index (χ0) is 25.4. The molecule has 0 amide bonds. The molecule has 0 aliphatic rings. The van der Waals surface area contributed by atoms with E-state index in [0.717, 1.165) is 0 Å². The summed E-state index contributed by atoms with van der Waals surface area (Å²) < 4.78 is 2.53. The lowest BCUT2D eigenvalue weighted by atomic mass is 9.94. The summed E-state index contributed by atoms with van der Waals surface area (Å²) in [4.78, 5) is 4.87. The second-order valence-electron chi connectivity index (χ2n) is 11.5. The maximum absolute atomic E-state index is 4.87. The normalized spacial score (nSPS) is 13.4. The SMILES string of the molecule is CCCCCCCCCCCCCCCCCC(C)n1ccnc1C(CCCC)CCCCCC. The molecule has 0 bridgehead atoms. The molecule has 0 spiro atoms. The van der Waals surface area contributed by atoms with E-state index in [1.807, 2.05) is 0 Å². The summed E-state index contributed by atoms with van der Waals surface area (Å²) in [5, 5.41) is 0. The lowest BCUT2D eigenvalue weighted by molar-refractivity contribution is 0.416. The summed E-state index contributed by atoms with van der Waals surface area (Å²) in [6.07, 6.45) is 38.0. The lowest BCUT2D eigenvalue weighted by Crippen LogP contribution is -2.13. The summed E-state index contributed by atoms with van der Waals surface area (Å²) in [6, 6.07) is 0.592. The summed E-state index contributed by atoms with van der Waals surface area (Å²) in [7, 11) is 0. The minimum atomic E-state index is 0.592. The highest BCUT2D eigenvalue weighted by Crippen LogP contribution is 2.30. The first-order valence-electron chi connectivity index (χ1n) is 16.3. The van der Waals surface area contributed by atoms with Crippen LogP contribution in [0.1, 0.15) is 200 Å². The van der Waals surface area contributed by atoms with Gasteiger partial charge < -0.3 is 4.57 Å². The molecule has 2 nitrogen and oxygen atoms in total. The maximum atomic E-state index is 4.87. The van der Waals surface area contributed by atoms with Crippen molar-refractivity contribution in [2.75, 3.05) is 0 Å². The quantitative estimate of drug-likeness (QED) is 0.118. The maximum Gasteiger partial charge on any atom is 0.111 e. The molecular weight excluding hydrogens is 424 g/mol. The van der Waals surface area contributed by atoms with Gasteiger partial charge >= 0.3 is 0 Å². The molecule has 0 aliphatic carbocycles. The Labute approximate surface area is 221 Å². The third kappa shape index (κ3) is 16.6. The van der Waals surface area contributed by atoms with E-state index < -0.39 is 0 Å². The first kappa shape index (κ1) is 32.2. The van der Waals surface area contributed by atoms with Crippen LogP contribution in [0.5, 0.6) is 0 Å². The van der Waals surface area contributed by atoms with E-state index in [9.17, 15) is 0 Å². The largest absolute Gasteiger partial charge is 0.332 e. The van der Waals surface area contributed by atoms with Crippen LogP contribution in [0.4, 0.5) is 0 Å². The van der Waals surface area contributed by atoms with Crippen molar-refractivity contribution in [1.29, 1.82) is 0 Å². The molecule has 0 aromatic carbocycles. The minimum Gasteiger partial charge on any atom is -0.332 e. The molecule has 0 aliphatic heterocycles. The Kier molecular flexibility index (Phi) is 21.7. The molecule has 1 aromatic rings. The second-order valence-corrected chi connectivity index (χ2v) is 11.5. The Morgan fingerprint density at radius 3 is 1.46 bits per heavy atom. The van der Waals surface area contributed by atoms with E-state index in [2.05, 4.69) is 44.7 Å². The van der Waals surface area contributed by atoms with Crippen LogP contribution in [-0.4, -0.2) is 9.55 Å². The van der Waals surface area contributed by atoms with Crippen molar-refractivity contribution in [3.63, 3.8) is 0 Å². The Balaban J connectivity index is 2.15. The fraction of sp³-hybridized carbons (Fsp3) is 0.909.